The van der Waals surface area contributed by atoms with E-state index in [-0.39, 0.29) is 0 Å². The van der Waals surface area contributed by atoms with Crippen LogP contribution in [0.5, 0.6) is 0 Å². The van der Waals surface area contributed by atoms with Crippen LogP contribution >= 0.6 is 0 Å². The summed E-state index contributed by atoms with van der Waals surface area (Å²) < 4.78 is 0. The predicted octanol–water partition coefficient (Wildman–Crippen LogP) is 2.77. The molecule has 2 aromatic heterocycles. The van der Waals surface area contributed by atoms with Gasteiger partial charge >= 0.3 is 0 Å². The molecule has 2 N–H and O–H groups in total. The molecule has 0 aliphatic rings. The van der Waals surface area contributed by atoms with Crippen molar-refractivity contribution >= 4 is 11.0 Å². The Morgan fingerprint density at radius 3 is 2.71 bits per heavy atom. The zero-order valence-corrected chi connectivity index (χ0v) is 12.3. The average molecular weight is 281 g/mol. The van der Waals surface area contributed by atoms with E-state index in [1.165, 1.54) is 0 Å². The van der Waals surface area contributed by atoms with Gasteiger partial charge in [0.2, 0.25) is 0 Å². The summed E-state index contributed by atoms with van der Waals surface area (Å²) >= 11 is 0. The molecule has 3 aromatic rings. The quantitative estimate of drug-likeness (QED) is 0.754. The van der Waals surface area contributed by atoms with E-state index >= 15 is 0 Å². The van der Waals surface area contributed by atoms with Gasteiger partial charge in [-0.25, -0.2) is 4.98 Å². The lowest BCUT2D eigenvalue weighted by Gasteiger charge is -2.05. The van der Waals surface area contributed by atoms with E-state index in [2.05, 4.69) is 39.1 Å². The lowest BCUT2D eigenvalue weighted by atomic mass is 10.2. The summed E-state index contributed by atoms with van der Waals surface area (Å²) in [6, 6.07) is 5.99. The molecule has 21 heavy (non-hydrogen) atoms. The third kappa shape index (κ3) is 3.25. The van der Waals surface area contributed by atoms with Crippen LogP contribution < -0.4 is 5.32 Å². The molecule has 0 saturated carbocycles. The van der Waals surface area contributed by atoms with Gasteiger partial charge in [0, 0.05) is 36.4 Å². The molecule has 0 aliphatic carbocycles. The highest BCUT2D eigenvalue weighted by Crippen LogP contribution is 2.19. The summed E-state index contributed by atoms with van der Waals surface area (Å²) in [5.74, 6) is 1.51. The lowest BCUT2D eigenvalue weighted by molar-refractivity contribution is 0.549. The van der Waals surface area contributed by atoms with Crippen molar-refractivity contribution in [1.82, 2.24) is 25.3 Å². The Balaban J connectivity index is 1.77. The van der Waals surface area contributed by atoms with Gasteiger partial charge in [-0.2, -0.15) is 0 Å². The molecule has 1 aromatic carbocycles. The molecule has 2 heterocycles. The van der Waals surface area contributed by atoms with Gasteiger partial charge in [0.1, 0.15) is 5.82 Å². The summed E-state index contributed by atoms with van der Waals surface area (Å²) in [6.45, 7) is 6.20. The highest BCUT2D eigenvalue weighted by Gasteiger charge is 2.05. The van der Waals surface area contributed by atoms with Crippen LogP contribution in [0.25, 0.3) is 22.4 Å². The summed E-state index contributed by atoms with van der Waals surface area (Å²) in [4.78, 5) is 16.4. The highest BCUT2D eigenvalue weighted by molar-refractivity contribution is 5.79. The molecule has 3 rings (SSSR count). The van der Waals surface area contributed by atoms with E-state index in [0.717, 1.165) is 41.2 Å². The van der Waals surface area contributed by atoms with Crippen molar-refractivity contribution in [3.8, 4) is 11.4 Å². The van der Waals surface area contributed by atoms with Crippen molar-refractivity contribution in [3.05, 3.63) is 42.5 Å². The van der Waals surface area contributed by atoms with Crippen molar-refractivity contribution in [1.29, 1.82) is 0 Å². The minimum Gasteiger partial charge on any atom is -0.341 e. The Morgan fingerprint density at radius 1 is 1.10 bits per heavy atom. The summed E-state index contributed by atoms with van der Waals surface area (Å²) in [6.07, 6.45) is 5.28. The molecule has 0 saturated heterocycles. The predicted molar refractivity (Wildman–Crippen MR) is 83.7 cm³/mol. The lowest BCUT2D eigenvalue weighted by Crippen LogP contribution is -2.19. The van der Waals surface area contributed by atoms with Gasteiger partial charge in [-0.15, -0.1) is 0 Å². The number of hydrogen-bond acceptors (Lipinski definition) is 4. The fourth-order valence-corrected chi connectivity index (χ4v) is 2.20. The second kappa shape index (κ2) is 6.01. The molecular formula is C16H19N5. The Hall–Kier alpha value is -2.27. The zero-order chi connectivity index (χ0) is 14.7. The molecule has 0 bridgehead atoms. The topological polar surface area (TPSA) is 66.5 Å². The van der Waals surface area contributed by atoms with Crippen molar-refractivity contribution in [2.75, 3.05) is 6.54 Å². The van der Waals surface area contributed by atoms with Crippen LogP contribution in [-0.4, -0.2) is 26.5 Å². The second-order valence-corrected chi connectivity index (χ2v) is 5.54. The number of H-pyrrole nitrogens is 1. The van der Waals surface area contributed by atoms with Crippen LogP contribution in [0, 0.1) is 5.92 Å². The van der Waals surface area contributed by atoms with E-state index in [1.807, 2.05) is 24.4 Å². The van der Waals surface area contributed by atoms with Crippen molar-refractivity contribution < 1.29 is 0 Å². The Kier molecular flexibility index (Phi) is 3.92. The van der Waals surface area contributed by atoms with Gasteiger partial charge in [0.05, 0.1) is 11.0 Å². The van der Waals surface area contributed by atoms with Gasteiger partial charge in [0.25, 0.3) is 0 Å². The van der Waals surface area contributed by atoms with Gasteiger partial charge in [-0.3, -0.25) is 9.97 Å². The van der Waals surface area contributed by atoms with Gasteiger partial charge in [-0.05, 0) is 30.7 Å². The number of hydrogen-bond donors (Lipinski definition) is 2. The smallest absolute Gasteiger partial charge is 0.137 e. The number of imidazole rings is 1. The Morgan fingerprint density at radius 2 is 1.90 bits per heavy atom. The molecule has 0 spiro atoms. The maximum atomic E-state index is 4.45. The number of aromatic amines is 1. The van der Waals surface area contributed by atoms with Crippen LogP contribution in [-0.2, 0) is 6.54 Å². The number of benzene rings is 1. The Labute approximate surface area is 123 Å². The number of fused-ring (bicyclic) bond motifs is 1. The minimum atomic E-state index is 0.645. The molecule has 5 heteroatoms. The summed E-state index contributed by atoms with van der Waals surface area (Å²) in [7, 11) is 0. The van der Waals surface area contributed by atoms with Crippen LogP contribution in [0.2, 0.25) is 0 Å². The SMILES string of the molecule is CC(C)CNCc1cnc(-c2ccc3nccnc3c2)[nH]1. The van der Waals surface area contributed by atoms with Crippen molar-refractivity contribution in [3.63, 3.8) is 0 Å². The Bertz CT molecular complexity index is 732. The molecular weight excluding hydrogens is 262 g/mol. The molecule has 5 nitrogen and oxygen atoms in total. The molecule has 0 aliphatic heterocycles. The van der Waals surface area contributed by atoms with Crippen LogP contribution in [0.4, 0.5) is 0 Å². The highest BCUT2D eigenvalue weighted by atomic mass is 15.0. The fourth-order valence-electron chi connectivity index (χ4n) is 2.20. The van der Waals surface area contributed by atoms with Crippen LogP contribution in [0.1, 0.15) is 19.5 Å². The fraction of sp³-hybridized carbons (Fsp3) is 0.312. The average Bonchev–Trinajstić information content (AvgIpc) is 2.95. The molecule has 108 valence electrons. The van der Waals surface area contributed by atoms with Crippen molar-refractivity contribution in [2.24, 2.45) is 5.92 Å². The maximum absolute atomic E-state index is 4.45. The molecule has 0 radical (unpaired) electrons. The van der Waals surface area contributed by atoms with E-state index in [0.29, 0.717) is 5.92 Å². The van der Waals surface area contributed by atoms with Gasteiger partial charge in [-0.1, -0.05) is 13.8 Å². The first-order valence-corrected chi connectivity index (χ1v) is 7.18. The standard InChI is InChI=1S/C16H19N5/c1-11(2)8-17-9-13-10-20-16(21-13)12-3-4-14-15(7-12)19-6-5-18-14/h3-7,10-11,17H,8-9H2,1-2H3,(H,20,21). The maximum Gasteiger partial charge on any atom is 0.137 e. The van der Waals surface area contributed by atoms with Gasteiger partial charge < -0.3 is 10.3 Å². The molecule has 0 unspecified atom stereocenters. The van der Waals surface area contributed by atoms with E-state index in [1.54, 1.807) is 12.4 Å². The first-order valence-electron chi connectivity index (χ1n) is 7.18. The first-order chi connectivity index (χ1) is 10.2. The largest absolute Gasteiger partial charge is 0.341 e. The van der Waals surface area contributed by atoms with E-state index in [9.17, 15) is 0 Å². The van der Waals surface area contributed by atoms with E-state index < -0.39 is 0 Å². The van der Waals surface area contributed by atoms with Crippen molar-refractivity contribution in [2.45, 2.75) is 20.4 Å². The third-order valence-corrected chi connectivity index (χ3v) is 3.24. The monoisotopic (exact) mass is 281 g/mol. The summed E-state index contributed by atoms with van der Waals surface area (Å²) in [5, 5.41) is 3.40. The first kappa shape index (κ1) is 13.7. The number of aromatic nitrogens is 4. The molecule has 0 fully saturated rings. The molecule has 0 amide bonds. The number of rotatable bonds is 5. The number of nitrogens with one attached hydrogen (secondary N) is 2. The minimum absolute atomic E-state index is 0.645. The van der Waals surface area contributed by atoms with E-state index in [4.69, 9.17) is 0 Å². The zero-order valence-electron chi connectivity index (χ0n) is 12.3. The third-order valence-electron chi connectivity index (χ3n) is 3.24. The van der Waals surface area contributed by atoms with Gasteiger partial charge in [0.15, 0.2) is 0 Å². The molecule has 0 atom stereocenters. The van der Waals surface area contributed by atoms with Crippen LogP contribution in [0.3, 0.4) is 0 Å². The second-order valence-electron chi connectivity index (χ2n) is 5.54. The van der Waals surface area contributed by atoms with Crippen LogP contribution in [0.15, 0.2) is 36.8 Å². The normalized spacial score (nSPS) is 11.4. The number of nitrogens with zero attached hydrogens (tertiary/aromatic N) is 3. The summed E-state index contributed by atoms with van der Waals surface area (Å²) in [5.41, 5.74) is 3.89.